The Kier molecular flexibility index (Phi) is 5.06. The molecule has 1 aromatic rings. The summed E-state index contributed by atoms with van der Waals surface area (Å²) in [4.78, 5) is 10.9. The van der Waals surface area contributed by atoms with Gasteiger partial charge in [0.2, 0.25) is 6.10 Å². The monoisotopic (exact) mass is 260 g/mol. The summed E-state index contributed by atoms with van der Waals surface area (Å²) in [7, 11) is 2.85. The number of benzene rings is 1. The first-order valence-corrected chi connectivity index (χ1v) is 5.18. The molecule has 0 saturated carbocycles. The fourth-order valence-corrected chi connectivity index (χ4v) is 1.36. The number of carboxylic acids is 1. The molecule has 0 spiro atoms. The Labute approximate surface area is 104 Å². The average Bonchev–Trinajstić information content (AvgIpc) is 2.30. The molecule has 1 rings (SSSR count). The minimum absolute atomic E-state index is 0.0545. The van der Waals surface area contributed by atoms with Crippen molar-refractivity contribution >= 4 is 17.6 Å². The summed E-state index contributed by atoms with van der Waals surface area (Å²) in [5, 5.41) is 9.39. The lowest BCUT2D eigenvalue weighted by Gasteiger charge is -2.16. The summed E-state index contributed by atoms with van der Waals surface area (Å²) in [6, 6.07) is 4.68. The van der Waals surface area contributed by atoms with Crippen LogP contribution in [0, 0.1) is 0 Å². The molecule has 0 fully saturated rings. The standard InChI is InChI=1S/C11H13ClO5/c1-15-6-10(11(13)14)17-8-4-3-7(12)5-9(8)16-2/h3-5,10H,6H2,1-2H3,(H,13,14). The van der Waals surface area contributed by atoms with Gasteiger partial charge >= 0.3 is 5.97 Å². The first-order valence-electron chi connectivity index (χ1n) is 4.80. The molecule has 94 valence electrons. The third kappa shape index (κ3) is 3.80. The van der Waals surface area contributed by atoms with Gasteiger partial charge in [0.15, 0.2) is 11.5 Å². The van der Waals surface area contributed by atoms with Gasteiger partial charge in [-0.05, 0) is 12.1 Å². The highest BCUT2D eigenvalue weighted by Crippen LogP contribution is 2.30. The minimum Gasteiger partial charge on any atom is -0.493 e. The summed E-state index contributed by atoms with van der Waals surface area (Å²) < 4.78 is 15.1. The topological polar surface area (TPSA) is 65.0 Å². The largest absolute Gasteiger partial charge is 0.493 e. The second-order valence-electron chi connectivity index (χ2n) is 3.20. The van der Waals surface area contributed by atoms with Crippen molar-refractivity contribution in [3.8, 4) is 11.5 Å². The van der Waals surface area contributed by atoms with Crippen molar-refractivity contribution in [3.63, 3.8) is 0 Å². The van der Waals surface area contributed by atoms with Gasteiger partial charge in [-0.3, -0.25) is 0 Å². The van der Waals surface area contributed by atoms with Gasteiger partial charge in [0, 0.05) is 18.2 Å². The fourth-order valence-electron chi connectivity index (χ4n) is 1.20. The zero-order chi connectivity index (χ0) is 12.8. The van der Waals surface area contributed by atoms with Crippen molar-refractivity contribution in [1.82, 2.24) is 0 Å². The molecule has 17 heavy (non-hydrogen) atoms. The van der Waals surface area contributed by atoms with Gasteiger partial charge < -0.3 is 19.3 Å². The van der Waals surface area contributed by atoms with Gasteiger partial charge in [-0.15, -0.1) is 0 Å². The molecule has 0 bridgehead atoms. The molecule has 0 amide bonds. The van der Waals surface area contributed by atoms with Crippen LogP contribution >= 0.6 is 11.6 Å². The van der Waals surface area contributed by atoms with E-state index in [1.165, 1.54) is 14.2 Å². The Morgan fingerprint density at radius 3 is 2.65 bits per heavy atom. The molecule has 1 N–H and O–H groups in total. The highest BCUT2D eigenvalue weighted by atomic mass is 35.5. The molecule has 6 heteroatoms. The van der Waals surface area contributed by atoms with Crippen molar-refractivity contribution in [2.75, 3.05) is 20.8 Å². The lowest BCUT2D eigenvalue weighted by Crippen LogP contribution is -2.31. The summed E-state index contributed by atoms with van der Waals surface area (Å²) in [5.74, 6) is -0.426. The Morgan fingerprint density at radius 2 is 2.12 bits per heavy atom. The molecule has 0 aliphatic carbocycles. The quantitative estimate of drug-likeness (QED) is 0.845. The van der Waals surface area contributed by atoms with Crippen molar-refractivity contribution in [2.45, 2.75) is 6.10 Å². The molecule has 0 aliphatic heterocycles. The molecule has 0 heterocycles. The Hall–Kier alpha value is -1.46. The predicted octanol–water partition coefficient (Wildman–Crippen LogP) is 1.83. The first kappa shape index (κ1) is 13.6. The smallest absolute Gasteiger partial charge is 0.347 e. The van der Waals surface area contributed by atoms with E-state index in [1.54, 1.807) is 18.2 Å². The number of aliphatic carboxylic acids is 1. The van der Waals surface area contributed by atoms with Gasteiger partial charge in [0.1, 0.15) is 0 Å². The van der Waals surface area contributed by atoms with Crippen LogP contribution in [0.5, 0.6) is 11.5 Å². The first-order chi connectivity index (χ1) is 8.08. The van der Waals surface area contributed by atoms with E-state index >= 15 is 0 Å². The van der Waals surface area contributed by atoms with Crippen LogP contribution in [-0.4, -0.2) is 38.0 Å². The highest BCUT2D eigenvalue weighted by molar-refractivity contribution is 6.30. The number of carboxylic acid groups (broad SMARTS) is 1. The SMILES string of the molecule is COCC(Oc1ccc(Cl)cc1OC)C(=O)O. The number of methoxy groups -OCH3 is 2. The van der Waals surface area contributed by atoms with Crippen molar-refractivity contribution in [3.05, 3.63) is 23.2 Å². The molecule has 0 saturated heterocycles. The molecule has 1 aromatic carbocycles. The van der Waals surface area contributed by atoms with Crippen molar-refractivity contribution in [2.24, 2.45) is 0 Å². The van der Waals surface area contributed by atoms with Crippen molar-refractivity contribution in [1.29, 1.82) is 0 Å². The van der Waals surface area contributed by atoms with Crippen LogP contribution in [0.1, 0.15) is 0 Å². The Morgan fingerprint density at radius 1 is 1.41 bits per heavy atom. The fraction of sp³-hybridized carbons (Fsp3) is 0.364. The summed E-state index contributed by atoms with van der Waals surface area (Å²) in [5.41, 5.74) is 0. The predicted molar refractivity (Wildman–Crippen MR) is 61.9 cm³/mol. The van der Waals surface area contributed by atoms with Crippen LogP contribution in [0.4, 0.5) is 0 Å². The van der Waals surface area contributed by atoms with Gasteiger partial charge in [-0.2, -0.15) is 0 Å². The zero-order valence-electron chi connectivity index (χ0n) is 9.47. The van der Waals surface area contributed by atoms with Gasteiger partial charge in [0.05, 0.1) is 13.7 Å². The second-order valence-corrected chi connectivity index (χ2v) is 3.63. The van der Waals surface area contributed by atoms with Crippen LogP contribution in [0.15, 0.2) is 18.2 Å². The van der Waals surface area contributed by atoms with Gasteiger partial charge in [-0.25, -0.2) is 4.79 Å². The van der Waals surface area contributed by atoms with E-state index in [2.05, 4.69) is 0 Å². The van der Waals surface area contributed by atoms with E-state index < -0.39 is 12.1 Å². The van der Waals surface area contributed by atoms with Crippen LogP contribution < -0.4 is 9.47 Å². The molecule has 1 atom stereocenters. The number of hydrogen-bond acceptors (Lipinski definition) is 4. The molecule has 1 unspecified atom stereocenters. The summed E-state index contributed by atoms with van der Waals surface area (Å²) in [6.07, 6.45) is -1.09. The summed E-state index contributed by atoms with van der Waals surface area (Å²) in [6.45, 7) is -0.0545. The maximum absolute atomic E-state index is 10.9. The molecular formula is C11H13ClO5. The maximum atomic E-state index is 10.9. The average molecular weight is 261 g/mol. The van der Waals surface area contributed by atoms with Crippen LogP contribution in [0.25, 0.3) is 0 Å². The number of hydrogen-bond donors (Lipinski definition) is 1. The van der Waals surface area contributed by atoms with E-state index in [0.29, 0.717) is 16.5 Å². The molecule has 0 radical (unpaired) electrons. The lowest BCUT2D eigenvalue weighted by molar-refractivity contribution is -0.147. The van der Waals surface area contributed by atoms with Crippen LogP contribution in [0.2, 0.25) is 5.02 Å². The Bertz CT molecular complexity index is 393. The van der Waals surface area contributed by atoms with E-state index in [1.807, 2.05) is 0 Å². The van der Waals surface area contributed by atoms with Gasteiger partial charge in [0.25, 0.3) is 0 Å². The van der Waals surface area contributed by atoms with E-state index in [9.17, 15) is 4.79 Å². The van der Waals surface area contributed by atoms with Crippen molar-refractivity contribution < 1.29 is 24.1 Å². The van der Waals surface area contributed by atoms with Gasteiger partial charge in [-0.1, -0.05) is 11.6 Å². The highest BCUT2D eigenvalue weighted by Gasteiger charge is 2.21. The third-order valence-electron chi connectivity index (χ3n) is 1.99. The minimum atomic E-state index is -1.11. The molecule has 5 nitrogen and oxygen atoms in total. The molecule has 0 aromatic heterocycles. The van der Waals surface area contributed by atoms with E-state index in [4.69, 9.17) is 30.9 Å². The lowest BCUT2D eigenvalue weighted by atomic mass is 10.3. The molecule has 0 aliphatic rings. The zero-order valence-corrected chi connectivity index (χ0v) is 10.2. The maximum Gasteiger partial charge on any atom is 0.347 e. The normalized spacial score (nSPS) is 11.9. The van der Waals surface area contributed by atoms with Crippen LogP contribution in [-0.2, 0) is 9.53 Å². The third-order valence-corrected chi connectivity index (χ3v) is 2.22. The number of halogens is 1. The van der Waals surface area contributed by atoms with E-state index in [-0.39, 0.29) is 6.61 Å². The second kappa shape index (κ2) is 6.32. The van der Waals surface area contributed by atoms with E-state index in [0.717, 1.165) is 0 Å². The Balaban J connectivity index is 2.88. The summed E-state index contributed by atoms with van der Waals surface area (Å²) >= 11 is 5.78. The molecular weight excluding hydrogens is 248 g/mol. The van der Waals surface area contributed by atoms with Crippen LogP contribution in [0.3, 0.4) is 0 Å². The number of carbonyl (C=O) groups is 1. The number of ether oxygens (including phenoxy) is 3. The number of rotatable bonds is 6.